The maximum absolute atomic E-state index is 10.7. The van der Waals surface area contributed by atoms with Gasteiger partial charge in [0.1, 0.15) is 0 Å². The molecule has 0 saturated carbocycles. The Kier molecular flexibility index (Phi) is 4.46. The van der Waals surface area contributed by atoms with Crippen molar-refractivity contribution in [3.63, 3.8) is 0 Å². The fourth-order valence-electron chi connectivity index (χ4n) is 1.56. The van der Waals surface area contributed by atoms with E-state index >= 15 is 0 Å². The number of carbonyl (C=O) groups is 1. The molecule has 1 aromatic rings. The zero-order valence-electron chi connectivity index (χ0n) is 9.60. The Labute approximate surface area is 95.1 Å². The number of hydrogen-bond donors (Lipinski definition) is 0. The molecule has 4 nitrogen and oxygen atoms in total. The molecule has 0 aliphatic heterocycles. The topological polar surface area (TPSA) is 66.1 Å². The SMILES string of the molecule is CC(C([OH2+])c1ccccc1)N(C)CC(=O)[OH2+]. The molecule has 0 fully saturated rings. The van der Waals surface area contributed by atoms with Crippen molar-refractivity contribution in [2.45, 2.75) is 19.1 Å². The van der Waals surface area contributed by atoms with Crippen LogP contribution in [0.15, 0.2) is 30.3 Å². The van der Waals surface area contributed by atoms with E-state index in [1.807, 2.05) is 37.3 Å². The van der Waals surface area contributed by atoms with Gasteiger partial charge in [-0.15, -0.1) is 0 Å². The van der Waals surface area contributed by atoms with Gasteiger partial charge in [0.25, 0.3) is 0 Å². The van der Waals surface area contributed by atoms with E-state index in [1.54, 1.807) is 11.9 Å². The molecule has 1 aromatic carbocycles. The minimum absolute atomic E-state index is 0.0728. The molecule has 1 rings (SSSR count). The second-order valence-electron chi connectivity index (χ2n) is 3.97. The molecular weight excluding hydrogens is 206 g/mol. The summed E-state index contributed by atoms with van der Waals surface area (Å²) in [6.45, 7) is 1.97. The third-order valence-electron chi connectivity index (χ3n) is 2.73. The molecule has 0 amide bonds. The van der Waals surface area contributed by atoms with Crippen LogP contribution in [-0.2, 0) is 4.79 Å². The first-order valence-corrected chi connectivity index (χ1v) is 5.23. The number of benzene rings is 1. The lowest BCUT2D eigenvalue weighted by Gasteiger charge is -2.23. The second-order valence-corrected chi connectivity index (χ2v) is 3.97. The Morgan fingerprint density at radius 1 is 1.38 bits per heavy atom. The number of rotatable bonds is 5. The third-order valence-corrected chi connectivity index (χ3v) is 2.73. The molecule has 16 heavy (non-hydrogen) atoms. The summed E-state index contributed by atoms with van der Waals surface area (Å²) in [5.41, 5.74) is 0.930. The van der Waals surface area contributed by atoms with Crippen LogP contribution in [0.3, 0.4) is 0 Å². The lowest BCUT2D eigenvalue weighted by Crippen LogP contribution is -2.37. The largest absolute Gasteiger partial charge is 0.564 e. The van der Waals surface area contributed by atoms with Crippen LogP contribution in [0.1, 0.15) is 18.6 Å². The van der Waals surface area contributed by atoms with Crippen molar-refractivity contribution < 1.29 is 15.0 Å². The number of carbonyl (C=O) groups excluding carboxylic acids is 1. The van der Waals surface area contributed by atoms with E-state index in [9.17, 15) is 4.79 Å². The molecular formula is C12H19NO3+2. The summed E-state index contributed by atoms with van der Waals surface area (Å²) in [5.74, 6) is -0.616. The fraction of sp³-hybridized carbons (Fsp3) is 0.417. The van der Waals surface area contributed by atoms with Gasteiger partial charge in [0, 0.05) is 10.4 Å². The summed E-state index contributed by atoms with van der Waals surface area (Å²) in [5, 5.41) is 15.0. The molecule has 0 saturated heterocycles. The summed E-state index contributed by atoms with van der Waals surface area (Å²) >= 11 is 0. The fourth-order valence-corrected chi connectivity index (χ4v) is 1.56. The smallest absolute Gasteiger partial charge is 0.530 e. The highest BCUT2D eigenvalue weighted by molar-refractivity contribution is 5.69. The van der Waals surface area contributed by atoms with Crippen LogP contribution in [0.25, 0.3) is 0 Å². The van der Waals surface area contributed by atoms with Crippen LogP contribution in [0.2, 0.25) is 0 Å². The van der Waals surface area contributed by atoms with Crippen LogP contribution < -0.4 is 0 Å². The Bertz CT molecular complexity index is 339. The van der Waals surface area contributed by atoms with Crippen LogP contribution >= 0.6 is 0 Å². The predicted octanol–water partition coefficient (Wildman–Crippen LogP) is 0.0238. The van der Waals surface area contributed by atoms with Gasteiger partial charge in [0.05, 0.1) is 6.04 Å². The van der Waals surface area contributed by atoms with Crippen molar-refractivity contribution in [1.29, 1.82) is 0 Å². The molecule has 2 unspecified atom stereocenters. The molecule has 4 N–H and O–H groups in total. The standard InChI is InChI=1S/C12H17NO3/c1-9(13(2)8-11(14)15)12(16)10-6-4-3-5-7-10/h3-7,9,12,16H,8H2,1-2H3,(H,14,15)/p+2. The average molecular weight is 225 g/mol. The van der Waals surface area contributed by atoms with E-state index in [0.29, 0.717) is 0 Å². The molecule has 88 valence electrons. The van der Waals surface area contributed by atoms with Gasteiger partial charge in [-0.2, -0.15) is 0 Å². The quantitative estimate of drug-likeness (QED) is 0.663. The molecule has 0 aliphatic rings. The van der Waals surface area contributed by atoms with E-state index in [4.69, 9.17) is 10.2 Å². The molecule has 2 atom stereocenters. The van der Waals surface area contributed by atoms with Crippen molar-refractivity contribution in [3.8, 4) is 0 Å². The van der Waals surface area contributed by atoms with E-state index in [0.717, 1.165) is 5.56 Å². The average Bonchev–Trinajstić information content (AvgIpc) is 2.27. The third kappa shape index (κ3) is 3.32. The number of hydrogen-bond acceptors (Lipinski definition) is 2. The highest BCUT2D eigenvalue weighted by Gasteiger charge is 2.27. The van der Waals surface area contributed by atoms with Gasteiger partial charge in [-0.3, -0.25) is 4.90 Å². The Balaban J connectivity index is 2.67. The maximum atomic E-state index is 10.7. The molecule has 0 spiro atoms. The molecule has 0 aliphatic carbocycles. The Morgan fingerprint density at radius 2 is 1.94 bits per heavy atom. The highest BCUT2D eigenvalue weighted by atomic mass is 16.4. The van der Waals surface area contributed by atoms with Crippen molar-refractivity contribution in [2.75, 3.05) is 13.6 Å². The Hall–Kier alpha value is -1.39. The zero-order chi connectivity index (χ0) is 12.1. The van der Waals surface area contributed by atoms with Crippen LogP contribution in [0, 0.1) is 0 Å². The first-order valence-electron chi connectivity index (χ1n) is 5.23. The summed E-state index contributed by atoms with van der Waals surface area (Å²) in [6, 6.07) is 9.45. The zero-order valence-corrected chi connectivity index (χ0v) is 9.60. The molecule has 0 aromatic heterocycles. The summed E-state index contributed by atoms with van der Waals surface area (Å²) < 4.78 is 0. The predicted molar refractivity (Wildman–Crippen MR) is 63.5 cm³/mol. The van der Waals surface area contributed by atoms with Gasteiger partial charge in [-0.05, 0) is 14.0 Å². The summed E-state index contributed by atoms with van der Waals surface area (Å²) in [7, 11) is 1.77. The van der Waals surface area contributed by atoms with Gasteiger partial charge in [0.2, 0.25) is 0 Å². The van der Waals surface area contributed by atoms with E-state index in [-0.39, 0.29) is 12.6 Å². The van der Waals surface area contributed by atoms with Crippen LogP contribution in [0.5, 0.6) is 0 Å². The minimum Gasteiger partial charge on any atom is -0.564 e. The van der Waals surface area contributed by atoms with Crippen molar-refractivity contribution >= 4 is 5.97 Å². The highest BCUT2D eigenvalue weighted by Crippen LogP contribution is 2.19. The van der Waals surface area contributed by atoms with Crippen molar-refractivity contribution in [2.24, 2.45) is 0 Å². The van der Waals surface area contributed by atoms with Gasteiger partial charge < -0.3 is 10.2 Å². The summed E-state index contributed by atoms with van der Waals surface area (Å²) in [6.07, 6.45) is -0.398. The minimum atomic E-state index is -0.616. The van der Waals surface area contributed by atoms with Gasteiger partial charge in [-0.1, -0.05) is 30.3 Å². The first kappa shape index (κ1) is 12.7. The van der Waals surface area contributed by atoms with Gasteiger partial charge in [-0.25, -0.2) is 0 Å². The lowest BCUT2D eigenvalue weighted by molar-refractivity contribution is -0.138. The van der Waals surface area contributed by atoms with E-state index in [1.165, 1.54) is 0 Å². The number of likely N-dealkylation sites (N-methyl/N-ethyl adjacent to an activating group) is 1. The van der Waals surface area contributed by atoms with E-state index in [2.05, 4.69) is 0 Å². The van der Waals surface area contributed by atoms with Gasteiger partial charge in [0.15, 0.2) is 12.6 Å². The lowest BCUT2D eigenvalue weighted by atomic mass is 10.0. The maximum Gasteiger partial charge on any atom is 0.530 e. The number of nitrogens with zero attached hydrogens (tertiary/aromatic N) is 1. The molecule has 4 heteroatoms. The van der Waals surface area contributed by atoms with E-state index < -0.39 is 12.1 Å². The Morgan fingerprint density at radius 3 is 2.44 bits per heavy atom. The van der Waals surface area contributed by atoms with Crippen LogP contribution in [0.4, 0.5) is 0 Å². The normalized spacial score (nSPS) is 14.8. The van der Waals surface area contributed by atoms with Crippen molar-refractivity contribution in [3.05, 3.63) is 35.9 Å². The molecule has 0 heterocycles. The molecule has 0 radical (unpaired) electrons. The first-order chi connectivity index (χ1) is 7.52. The summed E-state index contributed by atoms with van der Waals surface area (Å²) in [4.78, 5) is 12.4. The second kappa shape index (κ2) is 5.63. The van der Waals surface area contributed by atoms with Gasteiger partial charge >= 0.3 is 5.97 Å². The van der Waals surface area contributed by atoms with Crippen LogP contribution in [-0.4, -0.2) is 40.7 Å². The van der Waals surface area contributed by atoms with Crippen molar-refractivity contribution in [1.82, 2.24) is 4.90 Å². The monoisotopic (exact) mass is 225 g/mol. The molecule has 0 bridgehead atoms.